The Morgan fingerprint density at radius 3 is 2.91 bits per heavy atom. The van der Waals surface area contributed by atoms with Crippen LogP contribution in [0.25, 0.3) is 0 Å². The summed E-state index contributed by atoms with van der Waals surface area (Å²) < 4.78 is 28.3. The highest BCUT2D eigenvalue weighted by molar-refractivity contribution is 8.02. The molecule has 0 bridgehead atoms. The lowest BCUT2D eigenvalue weighted by Crippen LogP contribution is -2.29. The van der Waals surface area contributed by atoms with E-state index in [2.05, 4.69) is 5.32 Å². The van der Waals surface area contributed by atoms with E-state index in [1.807, 2.05) is 38.1 Å². The highest BCUT2D eigenvalue weighted by Crippen LogP contribution is 2.24. The number of carbonyl (C=O) groups is 1. The highest BCUT2D eigenvalue weighted by atomic mass is 32.2. The third-order valence-electron chi connectivity index (χ3n) is 3.69. The van der Waals surface area contributed by atoms with Crippen LogP contribution >= 0.6 is 11.8 Å². The predicted octanol–water partition coefficient (Wildman–Crippen LogP) is 2.18. The molecule has 0 spiro atoms. The second-order valence-corrected chi connectivity index (χ2v) is 9.15. The molecule has 7 heteroatoms. The van der Waals surface area contributed by atoms with Crippen molar-refractivity contribution in [2.24, 2.45) is 0 Å². The highest BCUT2D eigenvalue weighted by Gasteiger charge is 2.28. The molecule has 0 unspecified atom stereocenters. The van der Waals surface area contributed by atoms with E-state index in [1.165, 1.54) is 11.8 Å². The molecule has 1 N–H and O–H groups in total. The summed E-state index contributed by atoms with van der Waals surface area (Å²) in [5.74, 6) is 1.43. The molecule has 128 valence electrons. The zero-order valence-electron chi connectivity index (χ0n) is 13.4. The van der Waals surface area contributed by atoms with Crippen molar-refractivity contribution in [3.05, 3.63) is 29.8 Å². The van der Waals surface area contributed by atoms with Gasteiger partial charge in [-0.3, -0.25) is 4.79 Å². The number of hydrogen-bond donors (Lipinski definition) is 1. The first-order valence-electron chi connectivity index (χ1n) is 7.74. The van der Waals surface area contributed by atoms with E-state index in [0.29, 0.717) is 13.0 Å². The van der Waals surface area contributed by atoms with Crippen LogP contribution in [-0.4, -0.2) is 43.4 Å². The zero-order valence-corrected chi connectivity index (χ0v) is 15.1. The molecule has 0 aliphatic carbocycles. The van der Waals surface area contributed by atoms with E-state index in [9.17, 15) is 13.2 Å². The summed E-state index contributed by atoms with van der Waals surface area (Å²) in [6.45, 7) is 4.46. The molecule has 0 radical (unpaired) electrons. The van der Waals surface area contributed by atoms with E-state index < -0.39 is 9.84 Å². The zero-order chi connectivity index (χ0) is 16.9. The Balaban J connectivity index is 1.81. The molecule has 23 heavy (non-hydrogen) atoms. The van der Waals surface area contributed by atoms with Gasteiger partial charge >= 0.3 is 0 Å². The molecule has 1 aliphatic rings. The van der Waals surface area contributed by atoms with Crippen molar-refractivity contribution in [2.75, 3.05) is 23.9 Å². The summed E-state index contributed by atoms with van der Waals surface area (Å²) in [5.41, 5.74) is 0.984. The van der Waals surface area contributed by atoms with Gasteiger partial charge in [-0.05, 0) is 38.0 Å². The maximum Gasteiger partial charge on any atom is 0.230 e. The van der Waals surface area contributed by atoms with Gasteiger partial charge in [0.2, 0.25) is 5.91 Å². The minimum atomic E-state index is -2.89. The number of carbonyl (C=O) groups excluding carboxylic acids is 1. The summed E-state index contributed by atoms with van der Waals surface area (Å²) in [7, 11) is -2.89. The van der Waals surface area contributed by atoms with Crippen LogP contribution in [-0.2, 0) is 14.6 Å². The molecule has 5 nitrogen and oxygen atoms in total. The molecule has 1 fully saturated rings. The van der Waals surface area contributed by atoms with E-state index in [-0.39, 0.29) is 34.5 Å². The van der Waals surface area contributed by atoms with Gasteiger partial charge in [0.05, 0.1) is 29.9 Å². The van der Waals surface area contributed by atoms with Crippen molar-refractivity contribution in [1.82, 2.24) is 5.32 Å². The first kappa shape index (κ1) is 18.1. The average molecular weight is 357 g/mol. The van der Waals surface area contributed by atoms with Gasteiger partial charge in [0.25, 0.3) is 0 Å². The van der Waals surface area contributed by atoms with Gasteiger partial charge in [0, 0.05) is 5.25 Å². The van der Waals surface area contributed by atoms with E-state index in [1.54, 1.807) is 0 Å². The standard InChI is InChI=1S/C16H23NO4S2/c1-3-21-14-6-4-5-13(9-14)12(2)17-16(18)10-22-15-7-8-23(19,20)11-15/h4-6,9,12,15H,3,7-8,10-11H2,1-2H3,(H,17,18)/t12-,15-/m1/s1. The van der Waals surface area contributed by atoms with Crippen LogP contribution in [0.3, 0.4) is 0 Å². The monoisotopic (exact) mass is 357 g/mol. The number of rotatable bonds is 7. The topological polar surface area (TPSA) is 72.5 Å². The van der Waals surface area contributed by atoms with Gasteiger partial charge in [-0.1, -0.05) is 12.1 Å². The van der Waals surface area contributed by atoms with Crippen molar-refractivity contribution in [2.45, 2.75) is 31.6 Å². The summed E-state index contributed by atoms with van der Waals surface area (Å²) >= 11 is 1.43. The van der Waals surface area contributed by atoms with Gasteiger partial charge in [-0.25, -0.2) is 8.42 Å². The lowest BCUT2D eigenvalue weighted by Gasteiger charge is -2.16. The molecule has 2 atom stereocenters. The summed E-state index contributed by atoms with van der Waals surface area (Å²) in [6.07, 6.45) is 0.645. The van der Waals surface area contributed by atoms with Crippen LogP contribution in [0.2, 0.25) is 0 Å². The summed E-state index contributed by atoms with van der Waals surface area (Å²) in [5, 5.41) is 2.99. The molecule has 1 aromatic carbocycles. The molecule has 0 aromatic heterocycles. The number of amides is 1. The average Bonchev–Trinajstić information content (AvgIpc) is 2.85. The van der Waals surface area contributed by atoms with Gasteiger partial charge in [0.1, 0.15) is 5.75 Å². The number of sulfone groups is 1. The summed E-state index contributed by atoms with van der Waals surface area (Å²) in [6, 6.07) is 7.55. The van der Waals surface area contributed by atoms with Gasteiger partial charge in [-0.2, -0.15) is 0 Å². The fourth-order valence-electron chi connectivity index (χ4n) is 2.49. The quantitative estimate of drug-likeness (QED) is 0.810. The second-order valence-electron chi connectivity index (χ2n) is 5.63. The Labute approximate surface area is 142 Å². The Bertz CT molecular complexity index is 645. The van der Waals surface area contributed by atoms with Crippen molar-refractivity contribution in [3.63, 3.8) is 0 Å². The first-order valence-corrected chi connectivity index (χ1v) is 10.6. The fourth-order valence-corrected chi connectivity index (χ4v) is 5.95. The van der Waals surface area contributed by atoms with Crippen molar-refractivity contribution in [3.8, 4) is 5.75 Å². The normalized spacial score (nSPS) is 20.9. The van der Waals surface area contributed by atoms with E-state index >= 15 is 0 Å². The largest absolute Gasteiger partial charge is 0.494 e. The number of thioether (sulfide) groups is 1. The molecule has 2 rings (SSSR count). The molecule has 0 saturated carbocycles. The molecule has 1 aliphatic heterocycles. The lowest BCUT2D eigenvalue weighted by molar-refractivity contribution is -0.119. The Hall–Kier alpha value is -1.21. The third kappa shape index (κ3) is 5.73. The Morgan fingerprint density at radius 1 is 1.48 bits per heavy atom. The third-order valence-corrected chi connectivity index (χ3v) is 6.97. The van der Waals surface area contributed by atoms with Crippen LogP contribution in [0.1, 0.15) is 31.9 Å². The molecule has 1 saturated heterocycles. The van der Waals surface area contributed by atoms with Gasteiger partial charge in [-0.15, -0.1) is 11.8 Å². The summed E-state index contributed by atoms with van der Waals surface area (Å²) in [4.78, 5) is 12.0. The van der Waals surface area contributed by atoms with Crippen molar-refractivity contribution < 1.29 is 17.9 Å². The van der Waals surface area contributed by atoms with Crippen LogP contribution in [0.5, 0.6) is 5.75 Å². The smallest absolute Gasteiger partial charge is 0.230 e. The Morgan fingerprint density at radius 2 is 2.26 bits per heavy atom. The molecular formula is C16H23NO4S2. The van der Waals surface area contributed by atoms with Crippen molar-refractivity contribution in [1.29, 1.82) is 0 Å². The van der Waals surface area contributed by atoms with Crippen LogP contribution in [0.4, 0.5) is 0 Å². The maximum atomic E-state index is 12.0. The second kappa shape index (κ2) is 8.06. The molecule has 1 aromatic rings. The van der Waals surface area contributed by atoms with Crippen LogP contribution in [0.15, 0.2) is 24.3 Å². The minimum absolute atomic E-state index is 0.0438. The molecule has 1 heterocycles. The fraction of sp³-hybridized carbons (Fsp3) is 0.562. The molecular weight excluding hydrogens is 334 g/mol. The predicted molar refractivity (Wildman–Crippen MR) is 93.7 cm³/mol. The Kier molecular flexibility index (Phi) is 6.35. The van der Waals surface area contributed by atoms with Crippen molar-refractivity contribution >= 4 is 27.5 Å². The number of nitrogens with one attached hydrogen (secondary N) is 1. The van der Waals surface area contributed by atoms with Gasteiger partial charge in [0.15, 0.2) is 9.84 Å². The van der Waals surface area contributed by atoms with Crippen LogP contribution < -0.4 is 10.1 Å². The first-order chi connectivity index (χ1) is 10.9. The number of ether oxygens (including phenoxy) is 1. The van der Waals surface area contributed by atoms with E-state index in [0.717, 1.165) is 11.3 Å². The molecule has 1 amide bonds. The SMILES string of the molecule is CCOc1cccc([C@@H](C)NC(=O)CS[C@@H]2CCS(=O)(=O)C2)c1. The minimum Gasteiger partial charge on any atom is -0.494 e. The lowest BCUT2D eigenvalue weighted by atomic mass is 10.1. The van der Waals surface area contributed by atoms with Gasteiger partial charge < -0.3 is 10.1 Å². The maximum absolute atomic E-state index is 12.0. The number of hydrogen-bond acceptors (Lipinski definition) is 5. The van der Waals surface area contributed by atoms with Crippen LogP contribution in [0, 0.1) is 0 Å². The van der Waals surface area contributed by atoms with E-state index in [4.69, 9.17) is 4.74 Å². The number of benzene rings is 1.